The second kappa shape index (κ2) is 12.3. The van der Waals surface area contributed by atoms with Crippen molar-refractivity contribution in [2.75, 3.05) is 13.2 Å². The van der Waals surface area contributed by atoms with Crippen LogP contribution in [0.4, 0.5) is 4.39 Å². The minimum Gasteiger partial charge on any atom is -0.481 e. The number of carbonyl (C=O) groups is 2. The maximum atomic E-state index is 13.9. The molecule has 0 saturated carbocycles. The van der Waals surface area contributed by atoms with Gasteiger partial charge in [-0.05, 0) is 43.9 Å². The number of aliphatic imine (C=N–C) groups is 2. The molecule has 1 aliphatic heterocycles. The molecule has 2 atom stereocenters. The van der Waals surface area contributed by atoms with Crippen LogP contribution in [0.15, 0.2) is 62.3 Å². The van der Waals surface area contributed by atoms with Gasteiger partial charge in [0.05, 0.1) is 18.6 Å². The highest BCUT2D eigenvalue weighted by atomic mass is 35.5. The van der Waals surface area contributed by atoms with E-state index in [0.717, 1.165) is 5.57 Å². The summed E-state index contributed by atoms with van der Waals surface area (Å²) in [4.78, 5) is 37.6. The van der Waals surface area contributed by atoms with Gasteiger partial charge in [-0.25, -0.2) is 14.2 Å². The van der Waals surface area contributed by atoms with Gasteiger partial charge in [-0.3, -0.25) is 14.8 Å². The Morgan fingerprint density at radius 3 is 2.92 bits per heavy atom. The number of carboxylic acids is 1. The molecule has 0 fully saturated rings. The van der Waals surface area contributed by atoms with Gasteiger partial charge in [0, 0.05) is 52.2 Å². The van der Waals surface area contributed by atoms with Crippen LogP contribution in [0.5, 0.6) is 0 Å². The molecule has 12 heteroatoms. The number of hydrogen-bond acceptors (Lipinski definition) is 9. The Morgan fingerprint density at radius 1 is 1.42 bits per heavy atom. The van der Waals surface area contributed by atoms with E-state index in [1.807, 2.05) is 5.38 Å². The number of benzene rings is 1. The van der Waals surface area contributed by atoms with Gasteiger partial charge >= 0.3 is 11.9 Å². The van der Waals surface area contributed by atoms with Gasteiger partial charge in [-0.15, -0.1) is 11.3 Å². The second-order valence-corrected chi connectivity index (χ2v) is 10.0. The van der Waals surface area contributed by atoms with Gasteiger partial charge in [0.25, 0.3) is 0 Å². The number of rotatable bonds is 9. The monoisotopic (exact) mass is 559 g/mol. The van der Waals surface area contributed by atoms with Crippen LogP contribution in [0.2, 0.25) is 5.02 Å². The summed E-state index contributed by atoms with van der Waals surface area (Å²) in [5.41, 5.74) is 9.07. The molecule has 0 spiro atoms. The molecule has 0 radical (unpaired) electrons. The molecule has 9 nitrogen and oxygen atoms in total. The number of thiazole rings is 1. The zero-order valence-electron chi connectivity index (χ0n) is 20.6. The minimum absolute atomic E-state index is 0.0828. The molecular formula is C26H27ClFN5O4S. The van der Waals surface area contributed by atoms with Crippen LogP contribution in [-0.2, 0) is 14.3 Å². The van der Waals surface area contributed by atoms with Crippen LogP contribution in [0.25, 0.3) is 0 Å². The standard InChI is InChI=1S/C26H27ClFN5O4S/c1-2-37-26(36)21-22(14-3-6-19(29)15(11-14)13-30-8-7-20(34)35)32-24(25-31-9-10-38-25)33-23(21)17-5-4-16(28)12-18(17)27/h4-5,9-10,12-14,23H,2-3,6-8,11,29H2,1H3,(H,32,33)(H,34,35). The smallest absolute Gasteiger partial charge is 0.338 e. The van der Waals surface area contributed by atoms with Crippen molar-refractivity contribution in [3.63, 3.8) is 0 Å². The first-order chi connectivity index (χ1) is 18.3. The SMILES string of the molecule is CCOC(=O)C1=C(C2CCC(N)=C(C=NCCC(=O)O)C2)NC(c2nccs2)=NC1c1ccc(F)cc1Cl. The number of allylic oxidation sites excluding steroid dienone is 3. The summed E-state index contributed by atoms with van der Waals surface area (Å²) in [6, 6.07) is 3.14. The molecule has 1 aromatic heterocycles. The topological polar surface area (TPSA) is 139 Å². The lowest BCUT2D eigenvalue weighted by Crippen LogP contribution is -2.38. The fraction of sp³-hybridized carbons (Fsp3) is 0.346. The molecule has 2 unspecified atom stereocenters. The summed E-state index contributed by atoms with van der Waals surface area (Å²) in [5.74, 6) is -1.71. The van der Waals surface area contributed by atoms with Crippen molar-refractivity contribution in [3.8, 4) is 0 Å². The Morgan fingerprint density at radius 2 is 2.24 bits per heavy atom. The molecule has 4 N–H and O–H groups in total. The van der Waals surface area contributed by atoms with Gasteiger partial charge in [0.15, 0.2) is 10.8 Å². The molecule has 38 heavy (non-hydrogen) atoms. The number of nitrogens with zero attached hydrogens (tertiary/aromatic N) is 3. The molecule has 2 aromatic rings. The van der Waals surface area contributed by atoms with Crippen LogP contribution in [-0.4, -0.2) is 47.2 Å². The highest BCUT2D eigenvalue weighted by Gasteiger charge is 2.37. The van der Waals surface area contributed by atoms with E-state index in [4.69, 9.17) is 32.2 Å². The Bertz CT molecular complexity index is 1340. The zero-order chi connectivity index (χ0) is 27.2. The number of halogens is 2. The normalized spacial score (nSPS) is 19.9. The van der Waals surface area contributed by atoms with Crippen LogP contribution < -0.4 is 11.1 Å². The van der Waals surface area contributed by atoms with Gasteiger partial charge in [0.1, 0.15) is 11.9 Å². The molecule has 2 heterocycles. The molecular weight excluding hydrogens is 533 g/mol. The van der Waals surface area contributed by atoms with Crippen molar-refractivity contribution in [2.45, 2.75) is 38.6 Å². The number of aromatic nitrogens is 1. The maximum absolute atomic E-state index is 13.9. The first-order valence-corrected chi connectivity index (χ1v) is 13.3. The Kier molecular flexibility index (Phi) is 8.90. The lowest BCUT2D eigenvalue weighted by Gasteiger charge is -2.33. The van der Waals surface area contributed by atoms with E-state index in [-0.39, 0.29) is 36.1 Å². The van der Waals surface area contributed by atoms with Crippen molar-refractivity contribution in [2.24, 2.45) is 21.6 Å². The Balaban J connectivity index is 1.79. The van der Waals surface area contributed by atoms with Gasteiger partial charge in [0.2, 0.25) is 0 Å². The molecule has 0 amide bonds. The predicted octanol–water partition coefficient (Wildman–Crippen LogP) is 4.40. The quantitative estimate of drug-likeness (QED) is 0.305. The van der Waals surface area contributed by atoms with Gasteiger partial charge < -0.3 is 20.9 Å². The van der Waals surface area contributed by atoms with Crippen LogP contribution in [0.1, 0.15) is 49.2 Å². The van der Waals surface area contributed by atoms with Crippen LogP contribution in [0, 0.1) is 11.7 Å². The Hall–Kier alpha value is -3.57. The number of hydrogen-bond donors (Lipinski definition) is 3. The highest BCUT2D eigenvalue weighted by molar-refractivity contribution is 7.11. The minimum atomic E-state index is -0.930. The molecule has 2 aliphatic rings. The van der Waals surface area contributed by atoms with Crippen molar-refractivity contribution in [1.82, 2.24) is 10.3 Å². The summed E-state index contributed by atoms with van der Waals surface area (Å²) in [7, 11) is 0. The summed E-state index contributed by atoms with van der Waals surface area (Å²) in [6.07, 6.45) is 4.84. The van der Waals surface area contributed by atoms with E-state index >= 15 is 0 Å². The van der Waals surface area contributed by atoms with Crippen molar-refractivity contribution in [1.29, 1.82) is 0 Å². The molecule has 1 aromatic carbocycles. The number of amidine groups is 1. The van der Waals surface area contributed by atoms with Crippen molar-refractivity contribution in [3.05, 3.63) is 73.7 Å². The number of ether oxygens (including phenoxy) is 1. The van der Waals surface area contributed by atoms with E-state index < -0.39 is 23.8 Å². The number of nitrogens with one attached hydrogen (secondary N) is 1. The number of esters is 1. The fourth-order valence-corrected chi connectivity index (χ4v) is 5.28. The van der Waals surface area contributed by atoms with E-state index in [2.05, 4.69) is 15.3 Å². The summed E-state index contributed by atoms with van der Waals surface area (Å²) < 4.78 is 19.3. The first kappa shape index (κ1) is 27.5. The molecule has 1 aliphatic carbocycles. The number of carboxylic acid groups (broad SMARTS) is 1. The maximum Gasteiger partial charge on any atom is 0.338 e. The van der Waals surface area contributed by atoms with Crippen molar-refractivity contribution < 1.29 is 23.8 Å². The predicted molar refractivity (Wildman–Crippen MR) is 144 cm³/mol. The lowest BCUT2D eigenvalue weighted by molar-refractivity contribution is -0.139. The van der Waals surface area contributed by atoms with Gasteiger partial charge in [-0.1, -0.05) is 17.7 Å². The molecule has 0 bridgehead atoms. The number of carbonyl (C=O) groups excluding carboxylic acids is 1. The van der Waals surface area contributed by atoms with E-state index in [9.17, 15) is 14.0 Å². The summed E-state index contributed by atoms with van der Waals surface area (Å²) in [5, 5.41) is 14.8. The molecule has 4 rings (SSSR count). The number of aliphatic carboxylic acids is 1. The van der Waals surface area contributed by atoms with E-state index in [0.29, 0.717) is 47.1 Å². The van der Waals surface area contributed by atoms with Crippen LogP contribution in [0.3, 0.4) is 0 Å². The molecule has 200 valence electrons. The lowest BCUT2D eigenvalue weighted by atomic mass is 9.81. The van der Waals surface area contributed by atoms with E-state index in [1.54, 1.807) is 19.3 Å². The third kappa shape index (κ3) is 6.28. The number of nitrogens with two attached hydrogens (primary N) is 1. The summed E-state index contributed by atoms with van der Waals surface area (Å²) in [6.45, 7) is 2.01. The second-order valence-electron chi connectivity index (χ2n) is 8.73. The van der Waals surface area contributed by atoms with Gasteiger partial charge in [-0.2, -0.15) is 0 Å². The fourth-order valence-electron chi connectivity index (χ4n) is 4.42. The average molecular weight is 560 g/mol. The average Bonchev–Trinajstić information content (AvgIpc) is 3.42. The Labute approximate surface area is 228 Å². The first-order valence-electron chi connectivity index (χ1n) is 12.1. The molecule has 0 saturated heterocycles. The third-order valence-corrected chi connectivity index (χ3v) is 7.32. The zero-order valence-corrected chi connectivity index (χ0v) is 22.2. The highest BCUT2D eigenvalue weighted by Crippen LogP contribution is 2.41. The van der Waals surface area contributed by atoms with Crippen molar-refractivity contribution >= 4 is 46.9 Å². The summed E-state index contributed by atoms with van der Waals surface area (Å²) >= 11 is 7.84. The largest absolute Gasteiger partial charge is 0.481 e. The van der Waals surface area contributed by atoms with E-state index in [1.165, 1.54) is 29.5 Å². The third-order valence-electron chi connectivity index (χ3n) is 6.21. The van der Waals surface area contributed by atoms with Crippen LogP contribution >= 0.6 is 22.9 Å².